The molecular weight excluding hydrogens is 313 g/mol. The van der Waals surface area contributed by atoms with Gasteiger partial charge in [-0.3, -0.25) is 0 Å². The van der Waals surface area contributed by atoms with Crippen molar-refractivity contribution < 1.29 is 8.91 Å². The molecule has 0 bridgehead atoms. The third-order valence-electron chi connectivity index (χ3n) is 2.65. The first-order valence-corrected chi connectivity index (χ1v) is 6.81. The van der Waals surface area contributed by atoms with Gasteiger partial charge in [0.05, 0.1) is 6.04 Å². The minimum atomic E-state index is -0.351. The molecule has 0 aliphatic heterocycles. The van der Waals surface area contributed by atoms with Gasteiger partial charge in [0.25, 0.3) is 0 Å². The number of halogens is 2. The maximum Gasteiger partial charge on any atom is 0.243 e. The van der Waals surface area contributed by atoms with Crippen molar-refractivity contribution in [2.24, 2.45) is 11.7 Å². The van der Waals surface area contributed by atoms with Gasteiger partial charge in [0.15, 0.2) is 0 Å². The summed E-state index contributed by atoms with van der Waals surface area (Å²) in [6, 6.07) is 4.02. The molecule has 6 heteroatoms. The highest BCUT2D eigenvalue weighted by Gasteiger charge is 2.18. The summed E-state index contributed by atoms with van der Waals surface area (Å²) in [6.45, 7) is 4.14. The van der Waals surface area contributed by atoms with E-state index in [0.717, 1.165) is 6.42 Å². The fourth-order valence-electron chi connectivity index (χ4n) is 1.77. The van der Waals surface area contributed by atoms with E-state index < -0.39 is 0 Å². The van der Waals surface area contributed by atoms with Gasteiger partial charge in [-0.2, -0.15) is 4.98 Å². The lowest BCUT2D eigenvalue weighted by atomic mass is 10.0. The summed E-state index contributed by atoms with van der Waals surface area (Å²) in [7, 11) is 0. The van der Waals surface area contributed by atoms with Crippen molar-refractivity contribution in [1.29, 1.82) is 0 Å². The first kappa shape index (κ1) is 14.1. The molecule has 2 rings (SSSR count). The SMILES string of the molecule is CC(C)C[C@@H](N)c1nc(-c2cc(F)ccc2Br)no1. The predicted octanol–water partition coefficient (Wildman–Crippen LogP) is 3.68. The van der Waals surface area contributed by atoms with Crippen LogP contribution in [0.3, 0.4) is 0 Å². The van der Waals surface area contributed by atoms with Crippen molar-refractivity contribution in [3.8, 4) is 11.4 Å². The van der Waals surface area contributed by atoms with Crippen LogP contribution in [0.15, 0.2) is 27.2 Å². The van der Waals surface area contributed by atoms with Crippen molar-refractivity contribution in [3.63, 3.8) is 0 Å². The van der Waals surface area contributed by atoms with Crippen LogP contribution in [0.2, 0.25) is 0 Å². The summed E-state index contributed by atoms with van der Waals surface area (Å²) < 4.78 is 19.1. The first-order valence-electron chi connectivity index (χ1n) is 6.02. The molecule has 19 heavy (non-hydrogen) atoms. The van der Waals surface area contributed by atoms with E-state index in [4.69, 9.17) is 10.3 Å². The van der Waals surface area contributed by atoms with E-state index in [1.54, 1.807) is 6.07 Å². The second kappa shape index (κ2) is 5.79. The van der Waals surface area contributed by atoms with Gasteiger partial charge in [0.2, 0.25) is 11.7 Å². The Morgan fingerprint density at radius 1 is 1.42 bits per heavy atom. The zero-order valence-corrected chi connectivity index (χ0v) is 12.3. The Hall–Kier alpha value is -1.27. The van der Waals surface area contributed by atoms with Crippen LogP contribution in [0.5, 0.6) is 0 Å². The van der Waals surface area contributed by atoms with Gasteiger partial charge in [-0.05, 0) is 30.5 Å². The maximum atomic E-state index is 13.2. The zero-order chi connectivity index (χ0) is 14.0. The smallest absolute Gasteiger partial charge is 0.243 e. The molecule has 0 saturated heterocycles. The van der Waals surface area contributed by atoms with E-state index in [2.05, 4.69) is 39.9 Å². The molecule has 1 atom stereocenters. The van der Waals surface area contributed by atoms with Crippen LogP contribution in [0.1, 0.15) is 32.2 Å². The van der Waals surface area contributed by atoms with Crippen molar-refractivity contribution in [3.05, 3.63) is 34.4 Å². The fraction of sp³-hybridized carbons (Fsp3) is 0.385. The number of aromatic nitrogens is 2. The van der Waals surface area contributed by atoms with Gasteiger partial charge in [0.1, 0.15) is 5.82 Å². The molecule has 0 fully saturated rings. The molecule has 2 aromatic rings. The largest absolute Gasteiger partial charge is 0.337 e. The standard InChI is InChI=1S/C13H15BrFN3O/c1-7(2)5-11(16)13-17-12(18-19-13)9-6-8(15)3-4-10(9)14/h3-4,6-7,11H,5,16H2,1-2H3/t11-/m1/s1. The van der Waals surface area contributed by atoms with Crippen molar-refractivity contribution in [2.45, 2.75) is 26.3 Å². The van der Waals surface area contributed by atoms with Gasteiger partial charge in [-0.15, -0.1) is 0 Å². The minimum Gasteiger partial charge on any atom is -0.337 e. The molecule has 0 saturated carbocycles. The molecule has 2 N–H and O–H groups in total. The minimum absolute atomic E-state index is 0.298. The molecule has 0 unspecified atom stereocenters. The van der Waals surface area contributed by atoms with E-state index in [0.29, 0.717) is 27.7 Å². The third kappa shape index (κ3) is 3.39. The molecule has 102 valence electrons. The molecule has 1 aromatic heterocycles. The number of nitrogens with zero attached hydrogens (tertiary/aromatic N) is 2. The number of nitrogens with two attached hydrogens (primary N) is 1. The van der Waals surface area contributed by atoms with Crippen LogP contribution in [0.4, 0.5) is 4.39 Å². The zero-order valence-electron chi connectivity index (χ0n) is 10.7. The maximum absolute atomic E-state index is 13.2. The molecule has 1 heterocycles. The summed E-state index contributed by atoms with van der Waals surface area (Å²) in [5, 5.41) is 3.85. The Morgan fingerprint density at radius 2 is 2.16 bits per heavy atom. The number of rotatable bonds is 4. The average molecular weight is 328 g/mol. The van der Waals surface area contributed by atoms with Crippen molar-refractivity contribution >= 4 is 15.9 Å². The molecule has 0 spiro atoms. The summed E-state index contributed by atoms with van der Waals surface area (Å²) in [5.41, 5.74) is 6.52. The van der Waals surface area contributed by atoms with E-state index in [-0.39, 0.29) is 11.9 Å². The number of benzene rings is 1. The first-order chi connectivity index (χ1) is 8.97. The third-order valence-corrected chi connectivity index (χ3v) is 3.35. The summed E-state index contributed by atoms with van der Waals surface area (Å²) in [6.07, 6.45) is 0.756. The van der Waals surface area contributed by atoms with E-state index in [1.165, 1.54) is 12.1 Å². The molecule has 1 aromatic carbocycles. The number of hydrogen-bond acceptors (Lipinski definition) is 4. The Labute approximate surface area is 119 Å². The molecule has 0 radical (unpaired) electrons. The van der Waals surface area contributed by atoms with Gasteiger partial charge in [-0.1, -0.05) is 34.9 Å². The predicted molar refractivity (Wildman–Crippen MR) is 73.8 cm³/mol. The van der Waals surface area contributed by atoms with Crippen LogP contribution < -0.4 is 5.73 Å². The molecule has 0 aliphatic rings. The van der Waals surface area contributed by atoms with Crippen molar-refractivity contribution in [2.75, 3.05) is 0 Å². The lowest BCUT2D eigenvalue weighted by Crippen LogP contribution is -2.13. The van der Waals surface area contributed by atoms with Crippen LogP contribution in [0, 0.1) is 11.7 Å². The van der Waals surface area contributed by atoms with Crippen molar-refractivity contribution in [1.82, 2.24) is 10.1 Å². The van der Waals surface area contributed by atoms with Crippen LogP contribution >= 0.6 is 15.9 Å². The van der Waals surface area contributed by atoms with E-state index in [1.807, 2.05) is 0 Å². The fourth-order valence-corrected chi connectivity index (χ4v) is 2.20. The van der Waals surface area contributed by atoms with E-state index in [9.17, 15) is 4.39 Å². The Bertz CT molecular complexity index is 571. The van der Waals surface area contributed by atoms with Crippen LogP contribution in [0.25, 0.3) is 11.4 Å². The molecule has 0 amide bonds. The highest BCUT2D eigenvalue weighted by Crippen LogP contribution is 2.28. The Morgan fingerprint density at radius 3 is 2.84 bits per heavy atom. The lowest BCUT2D eigenvalue weighted by Gasteiger charge is -2.08. The topological polar surface area (TPSA) is 64.9 Å². The monoisotopic (exact) mass is 327 g/mol. The summed E-state index contributed by atoms with van der Waals surface area (Å²) in [5.74, 6) is 0.794. The second-order valence-electron chi connectivity index (χ2n) is 4.82. The Kier molecular flexibility index (Phi) is 4.31. The molecular formula is C13H15BrFN3O. The molecule has 0 aliphatic carbocycles. The second-order valence-corrected chi connectivity index (χ2v) is 5.67. The Balaban J connectivity index is 2.28. The molecule has 4 nitrogen and oxygen atoms in total. The highest BCUT2D eigenvalue weighted by atomic mass is 79.9. The van der Waals surface area contributed by atoms with Gasteiger partial charge in [0, 0.05) is 10.0 Å². The average Bonchev–Trinajstić information content (AvgIpc) is 2.80. The summed E-state index contributed by atoms with van der Waals surface area (Å²) >= 11 is 3.33. The van der Waals surface area contributed by atoms with E-state index >= 15 is 0 Å². The van der Waals surface area contributed by atoms with Gasteiger partial charge < -0.3 is 10.3 Å². The van der Waals surface area contributed by atoms with Gasteiger partial charge in [-0.25, -0.2) is 4.39 Å². The lowest BCUT2D eigenvalue weighted by molar-refractivity contribution is 0.335. The van der Waals surface area contributed by atoms with Gasteiger partial charge >= 0.3 is 0 Å². The van der Waals surface area contributed by atoms with Crippen LogP contribution in [-0.4, -0.2) is 10.1 Å². The normalized spacial score (nSPS) is 12.9. The summed E-state index contributed by atoms with van der Waals surface area (Å²) in [4.78, 5) is 4.24. The van der Waals surface area contributed by atoms with Crippen LogP contribution in [-0.2, 0) is 0 Å². The quantitative estimate of drug-likeness (QED) is 0.930. The number of hydrogen-bond donors (Lipinski definition) is 1. The highest BCUT2D eigenvalue weighted by molar-refractivity contribution is 9.10.